The molecule has 0 amide bonds. The SMILES string of the molecule is CC1OC(C)C(c2nc(N)n(C)n2)C1C. The topological polar surface area (TPSA) is 66.0 Å². The normalized spacial score (nSPS) is 36.0. The fraction of sp³-hybridized carbons (Fsp3) is 0.800. The lowest BCUT2D eigenvalue weighted by Crippen LogP contribution is -2.16. The highest BCUT2D eigenvalue weighted by atomic mass is 16.5. The summed E-state index contributed by atoms with van der Waals surface area (Å²) >= 11 is 0. The highest BCUT2D eigenvalue weighted by Gasteiger charge is 2.40. The van der Waals surface area contributed by atoms with Gasteiger partial charge in [0, 0.05) is 7.05 Å². The van der Waals surface area contributed by atoms with Crippen molar-refractivity contribution in [2.75, 3.05) is 5.73 Å². The van der Waals surface area contributed by atoms with E-state index in [1.54, 1.807) is 11.7 Å². The summed E-state index contributed by atoms with van der Waals surface area (Å²) in [7, 11) is 1.81. The molecule has 5 nitrogen and oxygen atoms in total. The molecule has 1 aliphatic heterocycles. The highest BCUT2D eigenvalue weighted by molar-refractivity contribution is 5.19. The maximum Gasteiger partial charge on any atom is 0.218 e. The van der Waals surface area contributed by atoms with Crippen LogP contribution in [-0.4, -0.2) is 27.0 Å². The van der Waals surface area contributed by atoms with E-state index in [1.165, 1.54) is 0 Å². The monoisotopic (exact) mass is 210 g/mol. The van der Waals surface area contributed by atoms with Crippen LogP contribution in [0.4, 0.5) is 5.95 Å². The minimum absolute atomic E-state index is 0.164. The van der Waals surface area contributed by atoms with Crippen LogP contribution in [0.5, 0.6) is 0 Å². The third kappa shape index (κ3) is 1.61. The van der Waals surface area contributed by atoms with Crippen molar-refractivity contribution in [3.63, 3.8) is 0 Å². The number of nitrogens with zero attached hydrogens (tertiary/aromatic N) is 3. The molecule has 84 valence electrons. The fourth-order valence-electron chi connectivity index (χ4n) is 2.27. The summed E-state index contributed by atoms with van der Waals surface area (Å²) in [5.41, 5.74) is 5.68. The van der Waals surface area contributed by atoms with Gasteiger partial charge in [0.25, 0.3) is 0 Å². The van der Waals surface area contributed by atoms with Gasteiger partial charge in [-0.1, -0.05) is 6.92 Å². The van der Waals surface area contributed by atoms with Gasteiger partial charge in [0.05, 0.1) is 18.1 Å². The van der Waals surface area contributed by atoms with Crippen LogP contribution in [-0.2, 0) is 11.8 Å². The van der Waals surface area contributed by atoms with E-state index in [0.29, 0.717) is 11.9 Å². The second-order valence-corrected chi connectivity index (χ2v) is 4.38. The number of anilines is 1. The Bertz CT molecular complexity index is 343. The fourth-order valence-corrected chi connectivity index (χ4v) is 2.27. The molecular formula is C10H18N4O. The molecule has 0 saturated carbocycles. The summed E-state index contributed by atoms with van der Waals surface area (Å²) in [6.45, 7) is 6.33. The van der Waals surface area contributed by atoms with Gasteiger partial charge in [0.2, 0.25) is 5.95 Å². The first-order valence-electron chi connectivity index (χ1n) is 5.32. The van der Waals surface area contributed by atoms with Gasteiger partial charge in [0.15, 0.2) is 5.82 Å². The van der Waals surface area contributed by atoms with Gasteiger partial charge in [0.1, 0.15) is 0 Å². The highest BCUT2D eigenvalue weighted by Crippen LogP contribution is 2.38. The van der Waals surface area contributed by atoms with E-state index in [2.05, 4.69) is 30.9 Å². The molecule has 15 heavy (non-hydrogen) atoms. The zero-order valence-corrected chi connectivity index (χ0v) is 9.64. The molecule has 4 unspecified atom stereocenters. The molecule has 1 aromatic heterocycles. The molecule has 0 bridgehead atoms. The number of hydrogen-bond donors (Lipinski definition) is 1. The van der Waals surface area contributed by atoms with Crippen molar-refractivity contribution in [1.29, 1.82) is 0 Å². The Balaban J connectivity index is 2.30. The Morgan fingerprint density at radius 1 is 1.27 bits per heavy atom. The quantitative estimate of drug-likeness (QED) is 0.748. The van der Waals surface area contributed by atoms with Gasteiger partial charge < -0.3 is 10.5 Å². The van der Waals surface area contributed by atoms with Crippen molar-refractivity contribution in [3.05, 3.63) is 5.82 Å². The Hall–Kier alpha value is -1.10. The Morgan fingerprint density at radius 3 is 2.33 bits per heavy atom. The first kappa shape index (κ1) is 10.4. The van der Waals surface area contributed by atoms with E-state index >= 15 is 0 Å². The maximum atomic E-state index is 5.76. The molecule has 0 radical (unpaired) electrons. The third-order valence-corrected chi connectivity index (χ3v) is 3.35. The summed E-state index contributed by atoms with van der Waals surface area (Å²) in [6, 6.07) is 0. The predicted molar refractivity (Wildman–Crippen MR) is 57.3 cm³/mol. The van der Waals surface area contributed by atoms with Crippen molar-refractivity contribution >= 4 is 5.95 Å². The minimum Gasteiger partial charge on any atom is -0.374 e. The maximum absolute atomic E-state index is 5.76. The Labute approximate surface area is 89.6 Å². The van der Waals surface area contributed by atoms with Crippen LogP contribution < -0.4 is 5.73 Å². The summed E-state index contributed by atoms with van der Waals surface area (Å²) in [4.78, 5) is 4.28. The van der Waals surface area contributed by atoms with Crippen LogP contribution in [0, 0.1) is 5.92 Å². The Morgan fingerprint density at radius 2 is 1.93 bits per heavy atom. The Kier molecular flexibility index (Phi) is 2.42. The number of hydrogen-bond acceptors (Lipinski definition) is 4. The molecule has 4 atom stereocenters. The average molecular weight is 210 g/mol. The van der Waals surface area contributed by atoms with Crippen LogP contribution in [0.25, 0.3) is 0 Å². The largest absolute Gasteiger partial charge is 0.374 e. The summed E-state index contributed by atoms with van der Waals surface area (Å²) in [5, 5.41) is 4.33. The second-order valence-electron chi connectivity index (χ2n) is 4.38. The lowest BCUT2D eigenvalue weighted by atomic mass is 9.89. The average Bonchev–Trinajstić information content (AvgIpc) is 2.57. The van der Waals surface area contributed by atoms with Crippen molar-refractivity contribution < 1.29 is 4.74 Å². The van der Waals surface area contributed by atoms with E-state index in [4.69, 9.17) is 10.5 Å². The van der Waals surface area contributed by atoms with Crippen LogP contribution in [0.2, 0.25) is 0 Å². The van der Waals surface area contributed by atoms with Gasteiger partial charge in [-0.15, -0.1) is 0 Å². The molecule has 0 aliphatic carbocycles. The zero-order chi connectivity index (χ0) is 11.2. The number of nitrogens with two attached hydrogens (primary N) is 1. The standard InChI is InChI=1S/C10H18N4O/c1-5-6(2)15-7(3)8(5)9-12-10(11)14(4)13-9/h5-8H,1-4H3,(H2,11,12,13). The van der Waals surface area contributed by atoms with Gasteiger partial charge >= 0.3 is 0 Å². The molecule has 1 aromatic rings. The molecule has 2 rings (SSSR count). The van der Waals surface area contributed by atoms with E-state index in [0.717, 1.165) is 5.82 Å². The van der Waals surface area contributed by atoms with Crippen LogP contribution in [0.15, 0.2) is 0 Å². The van der Waals surface area contributed by atoms with Crippen molar-refractivity contribution in [2.24, 2.45) is 13.0 Å². The molecule has 0 aromatic carbocycles. The van der Waals surface area contributed by atoms with E-state index in [-0.39, 0.29) is 18.1 Å². The van der Waals surface area contributed by atoms with Crippen molar-refractivity contribution in [1.82, 2.24) is 14.8 Å². The number of rotatable bonds is 1. The molecule has 1 fully saturated rings. The summed E-state index contributed by atoms with van der Waals surface area (Å²) in [6.07, 6.45) is 0.423. The first-order chi connectivity index (χ1) is 7.00. The number of ether oxygens (including phenoxy) is 1. The minimum atomic E-state index is 0.164. The van der Waals surface area contributed by atoms with E-state index in [9.17, 15) is 0 Å². The number of aromatic nitrogens is 3. The molecule has 5 heteroatoms. The van der Waals surface area contributed by atoms with E-state index < -0.39 is 0 Å². The molecule has 1 saturated heterocycles. The first-order valence-corrected chi connectivity index (χ1v) is 5.32. The molecule has 2 heterocycles. The molecular weight excluding hydrogens is 192 g/mol. The van der Waals surface area contributed by atoms with Gasteiger partial charge in [-0.05, 0) is 19.8 Å². The zero-order valence-electron chi connectivity index (χ0n) is 9.64. The van der Waals surface area contributed by atoms with Crippen LogP contribution >= 0.6 is 0 Å². The molecule has 2 N–H and O–H groups in total. The lowest BCUT2D eigenvalue weighted by Gasteiger charge is -2.13. The summed E-state index contributed by atoms with van der Waals surface area (Å²) in [5.74, 6) is 1.95. The van der Waals surface area contributed by atoms with Gasteiger partial charge in [-0.3, -0.25) is 0 Å². The van der Waals surface area contributed by atoms with Crippen LogP contribution in [0.1, 0.15) is 32.5 Å². The molecule has 1 aliphatic rings. The van der Waals surface area contributed by atoms with Crippen molar-refractivity contribution in [3.8, 4) is 0 Å². The third-order valence-electron chi connectivity index (χ3n) is 3.35. The lowest BCUT2D eigenvalue weighted by molar-refractivity contribution is 0.0553. The predicted octanol–water partition coefficient (Wildman–Crippen LogP) is 0.924. The van der Waals surface area contributed by atoms with Gasteiger partial charge in [-0.25, -0.2) is 4.68 Å². The number of aryl methyl sites for hydroxylation is 1. The van der Waals surface area contributed by atoms with Gasteiger partial charge in [-0.2, -0.15) is 10.1 Å². The van der Waals surface area contributed by atoms with Crippen molar-refractivity contribution in [2.45, 2.75) is 38.9 Å². The summed E-state index contributed by atoms with van der Waals surface area (Å²) < 4.78 is 7.37. The number of nitrogen functional groups attached to an aromatic ring is 1. The van der Waals surface area contributed by atoms with Crippen LogP contribution in [0.3, 0.4) is 0 Å². The molecule has 0 spiro atoms. The van der Waals surface area contributed by atoms with E-state index in [1.807, 2.05) is 0 Å². The smallest absolute Gasteiger partial charge is 0.218 e. The second kappa shape index (κ2) is 3.48.